The van der Waals surface area contributed by atoms with Gasteiger partial charge >= 0.3 is 0 Å². The highest BCUT2D eigenvalue weighted by Crippen LogP contribution is 2.42. The Morgan fingerprint density at radius 1 is 1.32 bits per heavy atom. The van der Waals surface area contributed by atoms with Crippen molar-refractivity contribution in [1.82, 2.24) is 14.8 Å². The van der Waals surface area contributed by atoms with Crippen LogP contribution in [0.4, 0.5) is 11.5 Å². The molecule has 1 saturated heterocycles. The molecule has 0 radical (unpaired) electrons. The van der Waals surface area contributed by atoms with Crippen molar-refractivity contribution in [2.75, 3.05) is 22.3 Å². The van der Waals surface area contributed by atoms with Crippen LogP contribution in [0, 0.1) is 0 Å². The summed E-state index contributed by atoms with van der Waals surface area (Å²) in [5.74, 6) is 0.405. The summed E-state index contributed by atoms with van der Waals surface area (Å²) in [7, 11) is -2.11. The van der Waals surface area contributed by atoms with Crippen LogP contribution in [0.3, 0.4) is 0 Å². The van der Waals surface area contributed by atoms with Crippen molar-refractivity contribution < 1.29 is 8.42 Å². The quantitative estimate of drug-likeness (QED) is 0.770. The van der Waals surface area contributed by atoms with E-state index < -0.39 is 10.0 Å². The van der Waals surface area contributed by atoms with Gasteiger partial charge in [0, 0.05) is 20.1 Å². The molecule has 0 saturated carbocycles. The van der Waals surface area contributed by atoms with Crippen LogP contribution in [0.2, 0.25) is 5.15 Å². The molecule has 2 aromatic heterocycles. The summed E-state index contributed by atoms with van der Waals surface area (Å²) in [5.41, 5.74) is 0.809. The van der Waals surface area contributed by atoms with Crippen LogP contribution in [-0.4, -0.2) is 42.3 Å². The zero-order chi connectivity index (χ0) is 15.5. The van der Waals surface area contributed by atoms with E-state index in [1.54, 1.807) is 13.1 Å². The van der Waals surface area contributed by atoms with Crippen molar-refractivity contribution in [2.45, 2.75) is 17.5 Å². The Hall–Kier alpha value is -1.80. The van der Waals surface area contributed by atoms with Gasteiger partial charge in [-0.15, -0.1) is 0 Å². The van der Waals surface area contributed by atoms with E-state index in [1.807, 2.05) is 6.07 Å². The summed E-state index contributed by atoms with van der Waals surface area (Å²) in [6.45, 7) is 1.49. The van der Waals surface area contributed by atoms with Crippen LogP contribution in [0.25, 0.3) is 0 Å². The molecule has 22 heavy (non-hydrogen) atoms. The van der Waals surface area contributed by atoms with Gasteiger partial charge in [-0.3, -0.25) is 4.68 Å². The number of aromatic nitrogens is 3. The molecule has 0 amide bonds. The number of anilines is 2. The molecule has 9 heteroatoms. The molecule has 0 N–H and O–H groups in total. The van der Waals surface area contributed by atoms with Crippen molar-refractivity contribution in [3.63, 3.8) is 0 Å². The SMILES string of the molecule is Cn1nccc1S(=O)(=O)N1c2nc(Cl)ccc2N2CC[C@H]1C2. The zero-order valence-corrected chi connectivity index (χ0v) is 13.4. The third-order valence-electron chi connectivity index (χ3n) is 4.16. The Morgan fingerprint density at radius 2 is 2.14 bits per heavy atom. The first kappa shape index (κ1) is 13.8. The molecule has 2 aromatic rings. The summed E-state index contributed by atoms with van der Waals surface area (Å²) in [4.78, 5) is 6.43. The fraction of sp³-hybridized carbons (Fsp3) is 0.385. The standard InChI is InChI=1S/C13H14ClN5O2S/c1-17-12(4-6-15-17)22(20,21)19-9-5-7-18(8-9)10-2-3-11(14)16-13(10)19/h2-4,6,9H,5,7-8H2,1H3/t9-/m0/s1. The third kappa shape index (κ3) is 1.83. The minimum Gasteiger partial charge on any atom is -0.366 e. The predicted molar refractivity (Wildman–Crippen MR) is 82.7 cm³/mol. The predicted octanol–water partition coefficient (Wildman–Crippen LogP) is 1.26. The number of nitrogens with zero attached hydrogens (tertiary/aromatic N) is 5. The number of hydrogen-bond donors (Lipinski definition) is 0. The van der Waals surface area contributed by atoms with Gasteiger partial charge in [0.2, 0.25) is 0 Å². The molecular weight excluding hydrogens is 326 g/mol. The van der Waals surface area contributed by atoms with E-state index in [9.17, 15) is 8.42 Å². The first-order valence-electron chi connectivity index (χ1n) is 6.92. The van der Waals surface area contributed by atoms with Crippen LogP contribution in [0.15, 0.2) is 29.4 Å². The van der Waals surface area contributed by atoms with Crippen LogP contribution < -0.4 is 9.21 Å². The highest BCUT2D eigenvalue weighted by Gasteiger charge is 2.44. The molecule has 2 bridgehead atoms. The van der Waals surface area contributed by atoms with E-state index >= 15 is 0 Å². The fourth-order valence-corrected chi connectivity index (χ4v) is 5.06. The number of fused-ring (bicyclic) bond motifs is 4. The highest BCUT2D eigenvalue weighted by molar-refractivity contribution is 7.92. The fourth-order valence-electron chi connectivity index (χ4n) is 3.18. The summed E-state index contributed by atoms with van der Waals surface area (Å²) in [6.07, 6.45) is 2.25. The lowest BCUT2D eigenvalue weighted by molar-refractivity contribution is 0.560. The third-order valence-corrected chi connectivity index (χ3v) is 6.29. The second-order valence-electron chi connectivity index (χ2n) is 5.46. The van der Waals surface area contributed by atoms with Gasteiger partial charge in [0.25, 0.3) is 10.0 Å². The van der Waals surface area contributed by atoms with Crippen molar-refractivity contribution >= 4 is 33.1 Å². The lowest BCUT2D eigenvalue weighted by Crippen LogP contribution is -2.46. The molecule has 7 nitrogen and oxygen atoms in total. The molecule has 0 spiro atoms. The number of rotatable bonds is 2. The van der Waals surface area contributed by atoms with Crippen molar-refractivity contribution in [2.24, 2.45) is 7.05 Å². The number of pyridine rings is 1. The van der Waals surface area contributed by atoms with Gasteiger partial charge in [0.05, 0.1) is 17.9 Å². The maximum Gasteiger partial charge on any atom is 0.283 e. The molecule has 2 aliphatic rings. The Bertz CT molecular complexity index is 850. The van der Waals surface area contributed by atoms with Crippen LogP contribution in [-0.2, 0) is 17.1 Å². The van der Waals surface area contributed by atoms with Crippen molar-refractivity contribution in [1.29, 1.82) is 0 Å². The number of halogens is 1. The van der Waals surface area contributed by atoms with Crippen LogP contribution in [0.1, 0.15) is 6.42 Å². The summed E-state index contributed by atoms with van der Waals surface area (Å²) in [6, 6.07) is 4.89. The molecule has 1 atom stereocenters. The molecule has 4 rings (SSSR count). The second-order valence-corrected chi connectivity index (χ2v) is 7.61. The monoisotopic (exact) mass is 339 g/mol. The van der Waals surface area contributed by atoms with Gasteiger partial charge in [-0.25, -0.2) is 9.29 Å². The van der Waals surface area contributed by atoms with Gasteiger partial charge < -0.3 is 4.90 Å². The van der Waals surface area contributed by atoms with Gasteiger partial charge in [0.1, 0.15) is 5.15 Å². The summed E-state index contributed by atoms with van der Waals surface area (Å²) in [5, 5.41) is 4.40. The van der Waals surface area contributed by atoms with Crippen LogP contribution >= 0.6 is 11.6 Å². The maximum atomic E-state index is 13.1. The Morgan fingerprint density at radius 3 is 2.86 bits per heavy atom. The van der Waals surface area contributed by atoms with Crippen molar-refractivity contribution in [3.8, 4) is 0 Å². The van der Waals surface area contributed by atoms with E-state index in [1.165, 1.54) is 21.3 Å². The molecule has 4 heterocycles. The number of hydrogen-bond acceptors (Lipinski definition) is 5. The minimum absolute atomic E-state index is 0.127. The zero-order valence-electron chi connectivity index (χ0n) is 11.8. The summed E-state index contributed by atoms with van der Waals surface area (Å²) < 4.78 is 29.0. The van der Waals surface area contributed by atoms with Gasteiger partial charge in [-0.2, -0.15) is 13.5 Å². The Balaban J connectivity index is 1.93. The normalized spacial score (nSPS) is 20.4. The highest BCUT2D eigenvalue weighted by atomic mass is 35.5. The lowest BCUT2D eigenvalue weighted by atomic mass is 10.2. The smallest absolute Gasteiger partial charge is 0.283 e. The molecule has 0 unspecified atom stereocenters. The average Bonchev–Trinajstić information content (AvgIpc) is 3.06. The largest absolute Gasteiger partial charge is 0.366 e. The molecule has 0 aromatic carbocycles. The average molecular weight is 340 g/mol. The van der Waals surface area contributed by atoms with Gasteiger partial charge in [-0.05, 0) is 24.6 Å². The van der Waals surface area contributed by atoms with Crippen molar-refractivity contribution in [3.05, 3.63) is 29.5 Å². The lowest BCUT2D eigenvalue weighted by Gasteiger charge is -2.36. The minimum atomic E-state index is -3.73. The van der Waals surface area contributed by atoms with E-state index in [0.717, 1.165) is 18.7 Å². The Kier molecular flexibility index (Phi) is 2.89. The number of sulfonamides is 1. The van der Waals surface area contributed by atoms with E-state index in [4.69, 9.17) is 11.6 Å². The second kappa shape index (κ2) is 4.60. The van der Waals surface area contributed by atoms with Gasteiger partial charge in [0.15, 0.2) is 10.8 Å². The molecule has 1 fully saturated rings. The summed E-state index contributed by atoms with van der Waals surface area (Å²) >= 11 is 6.00. The Labute approximate surface area is 133 Å². The van der Waals surface area contributed by atoms with E-state index in [2.05, 4.69) is 15.0 Å². The van der Waals surface area contributed by atoms with E-state index in [-0.39, 0.29) is 16.2 Å². The first-order valence-corrected chi connectivity index (χ1v) is 8.74. The molecule has 116 valence electrons. The topological polar surface area (TPSA) is 71.3 Å². The van der Waals surface area contributed by atoms with Gasteiger partial charge in [-0.1, -0.05) is 11.6 Å². The van der Waals surface area contributed by atoms with E-state index in [0.29, 0.717) is 12.4 Å². The molecule has 2 aliphatic heterocycles. The number of aryl methyl sites for hydroxylation is 1. The maximum absolute atomic E-state index is 13.1. The molecule has 0 aliphatic carbocycles. The first-order chi connectivity index (χ1) is 10.5. The van der Waals surface area contributed by atoms with Crippen LogP contribution in [0.5, 0.6) is 0 Å². The molecular formula is C13H14ClN5O2S.